The largest absolute Gasteiger partial charge is 0.396 e. The van der Waals surface area contributed by atoms with Crippen molar-refractivity contribution in [2.45, 2.75) is 30.8 Å². The Morgan fingerprint density at radius 2 is 1.77 bits per heavy atom. The van der Waals surface area contributed by atoms with E-state index in [-0.39, 0.29) is 6.61 Å². The molecule has 0 unspecified atom stereocenters. The van der Waals surface area contributed by atoms with Crippen molar-refractivity contribution in [1.29, 1.82) is 0 Å². The Labute approximate surface area is 76.6 Å². The summed E-state index contributed by atoms with van der Waals surface area (Å²) in [6, 6.07) is 0. The Morgan fingerprint density at radius 1 is 1.15 bits per heavy atom. The highest BCUT2D eigenvalue weighted by molar-refractivity contribution is 4.92. The number of ether oxygens (including phenoxy) is 1. The van der Waals surface area contributed by atoms with Crippen LogP contribution in [0.25, 0.3) is 0 Å². The molecule has 1 aliphatic carbocycles. The first-order chi connectivity index (χ1) is 6.11. The molecule has 78 valence electrons. The van der Waals surface area contributed by atoms with Gasteiger partial charge in [-0.1, -0.05) is 0 Å². The Kier molecular flexibility index (Phi) is 3.63. The lowest BCUT2D eigenvalue weighted by atomic mass is 9.81. The number of methoxy groups -OCH3 is 1. The summed E-state index contributed by atoms with van der Waals surface area (Å²) in [5.41, 5.74) is 0. The fourth-order valence-corrected chi connectivity index (χ4v) is 1.70. The number of hydrogen-bond acceptors (Lipinski definition) is 5. The molecule has 1 rings (SSSR count). The van der Waals surface area contributed by atoms with E-state index >= 15 is 0 Å². The molecule has 0 aliphatic heterocycles. The van der Waals surface area contributed by atoms with E-state index < -0.39 is 30.3 Å². The zero-order valence-electron chi connectivity index (χ0n) is 7.50. The van der Waals surface area contributed by atoms with Gasteiger partial charge in [0.05, 0.1) is 12.2 Å². The van der Waals surface area contributed by atoms with Gasteiger partial charge in [0, 0.05) is 19.6 Å². The van der Waals surface area contributed by atoms with Crippen molar-refractivity contribution in [2.75, 3.05) is 13.7 Å². The van der Waals surface area contributed by atoms with Gasteiger partial charge >= 0.3 is 0 Å². The van der Waals surface area contributed by atoms with Gasteiger partial charge < -0.3 is 25.2 Å². The predicted octanol–water partition coefficient (Wildman–Crippen LogP) is -1.90. The number of hydrogen-bond donors (Lipinski definition) is 4. The van der Waals surface area contributed by atoms with Gasteiger partial charge in [-0.25, -0.2) is 0 Å². The third-order valence-electron chi connectivity index (χ3n) is 2.64. The SMILES string of the molecule is CO[C@@H]1C[C@@H](CO)[C@H](O)[C@@H](O)[C@H]1O. The number of rotatable bonds is 2. The van der Waals surface area contributed by atoms with Crippen LogP contribution in [0, 0.1) is 5.92 Å². The van der Waals surface area contributed by atoms with Gasteiger partial charge in [-0.3, -0.25) is 0 Å². The van der Waals surface area contributed by atoms with Gasteiger partial charge in [-0.05, 0) is 6.42 Å². The molecule has 0 radical (unpaired) electrons. The van der Waals surface area contributed by atoms with Crippen molar-refractivity contribution in [1.82, 2.24) is 0 Å². The third-order valence-corrected chi connectivity index (χ3v) is 2.64. The van der Waals surface area contributed by atoms with Crippen LogP contribution in [0.1, 0.15) is 6.42 Å². The zero-order chi connectivity index (χ0) is 10.0. The van der Waals surface area contributed by atoms with Crippen LogP contribution in [-0.2, 0) is 4.74 Å². The molecule has 13 heavy (non-hydrogen) atoms. The molecule has 0 heterocycles. The monoisotopic (exact) mass is 192 g/mol. The maximum atomic E-state index is 9.40. The van der Waals surface area contributed by atoms with E-state index in [0.717, 1.165) is 0 Å². The molecular weight excluding hydrogens is 176 g/mol. The standard InChI is InChI=1S/C8H16O5/c1-13-5-2-4(3-9)6(10)8(12)7(5)11/h4-12H,2-3H2,1H3/t4-,5+,6-,7-,8+/m0/s1. The van der Waals surface area contributed by atoms with Crippen molar-refractivity contribution >= 4 is 0 Å². The van der Waals surface area contributed by atoms with Gasteiger partial charge in [0.2, 0.25) is 0 Å². The molecule has 0 bridgehead atoms. The lowest BCUT2D eigenvalue weighted by Gasteiger charge is -2.38. The van der Waals surface area contributed by atoms with Gasteiger partial charge in [0.25, 0.3) is 0 Å². The molecule has 5 nitrogen and oxygen atoms in total. The van der Waals surface area contributed by atoms with Crippen molar-refractivity contribution in [3.05, 3.63) is 0 Å². The summed E-state index contributed by atoms with van der Waals surface area (Å²) in [4.78, 5) is 0. The fraction of sp³-hybridized carbons (Fsp3) is 1.00. The molecule has 1 aliphatic rings. The van der Waals surface area contributed by atoms with E-state index in [2.05, 4.69) is 0 Å². The van der Waals surface area contributed by atoms with E-state index in [1.807, 2.05) is 0 Å². The lowest BCUT2D eigenvalue weighted by molar-refractivity contribution is -0.170. The molecular formula is C8H16O5. The quantitative estimate of drug-likeness (QED) is 0.410. The molecule has 1 saturated carbocycles. The van der Waals surface area contributed by atoms with Crippen LogP contribution in [-0.4, -0.2) is 58.6 Å². The van der Waals surface area contributed by atoms with Crippen LogP contribution >= 0.6 is 0 Å². The minimum Gasteiger partial charge on any atom is -0.396 e. The topological polar surface area (TPSA) is 90.2 Å². The van der Waals surface area contributed by atoms with Gasteiger partial charge in [-0.15, -0.1) is 0 Å². The summed E-state index contributed by atoms with van der Waals surface area (Å²) >= 11 is 0. The summed E-state index contributed by atoms with van der Waals surface area (Å²) in [5.74, 6) is -0.427. The normalized spacial score (nSPS) is 46.4. The highest BCUT2D eigenvalue weighted by Crippen LogP contribution is 2.26. The van der Waals surface area contributed by atoms with Gasteiger partial charge in [0.15, 0.2) is 0 Å². The smallest absolute Gasteiger partial charge is 0.109 e. The van der Waals surface area contributed by atoms with Crippen LogP contribution in [0.2, 0.25) is 0 Å². The van der Waals surface area contributed by atoms with Crippen LogP contribution in [0.4, 0.5) is 0 Å². The maximum absolute atomic E-state index is 9.40. The molecule has 5 atom stereocenters. The highest BCUT2D eigenvalue weighted by Gasteiger charge is 2.42. The Balaban J connectivity index is 2.66. The van der Waals surface area contributed by atoms with E-state index in [1.165, 1.54) is 7.11 Å². The first-order valence-electron chi connectivity index (χ1n) is 4.29. The summed E-state index contributed by atoms with van der Waals surface area (Å²) in [7, 11) is 1.42. The summed E-state index contributed by atoms with van der Waals surface area (Å²) < 4.78 is 4.92. The van der Waals surface area contributed by atoms with Crippen molar-refractivity contribution in [2.24, 2.45) is 5.92 Å². The predicted molar refractivity (Wildman–Crippen MR) is 44.0 cm³/mol. The van der Waals surface area contributed by atoms with E-state index in [1.54, 1.807) is 0 Å². The molecule has 0 aromatic heterocycles. The van der Waals surface area contributed by atoms with Crippen molar-refractivity contribution < 1.29 is 25.2 Å². The summed E-state index contributed by atoms with van der Waals surface area (Å²) in [6.45, 7) is -0.217. The minimum absolute atomic E-state index is 0.217. The Hall–Kier alpha value is -0.200. The fourth-order valence-electron chi connectivity index (χ4n) is 1.70. The molecule has 0 spiro atoms. The van der Waals surface area contributed by atoms with Crippen molar-refractivity contribution in [3.63, 3.8) is 0 Å². The van der Waals surface area contributed by atoms with Crippen LogP contribution in [0.5, 0.6) is 0 Å². The van der Waals surface area contributed by atoms with Gasteiger partial charge in [-0.2, -0.15) is 0 Å². The molecule has 5 heteroatoms. The average molecular weight is 192 g/mol. The Bertz CT molecular complexity index is 143. The van der Waals surface area contributed by atoms with E-state index in [0.29, 0.717) is 6.42 Å². The van der Waals surface area contributed by atoms with E-state index in [9.17, 15) is 15.3 Å². The summed E-state index contributed by atoms with van der Waals surface area (Å²) in [5, 5.41) is 37.0. The second-order valence-corrected chi connectivity index (χ2v) is 3.42. The molecule has 0 amide bonds. The number of aliphatic hydroxyl groups excluding tert-OH is 4. The molecule has 1 fully saturated rings. The van der Waals surface area contributed by atoms with Crippen LogP contribution in [0.3, 0.4) is 0 Å². The van der Waals surface area contributed by atoms with Crippen LogP contribution in [0.15, 0.2) is 0 Å². The van der Waals surface area contributed by atoms with Crippen molar-refractivity contribution in [3.8, 4) is 0 Å². The second-order valence-electron chi connectivity index (χ2n) is 3.42. The first-order valence-corrected chi connectivity index (χ1v) is 4.29. The van der Waals surface area contributed by atoms with E-state index in [4.69, 9.17) is 9.84 Å². The second kappa shape index (κ2) is 4.34. The molecule has 0 saturated heterocycles. The maximum Gasteiger partial charge on any atom is 0.109 e. The minimum atomic E-state index is -1.24. The third kappa shape index (κ3) is 2.00. The molecule has 0 aromatic rings. The van der Waals surface area contributed by atoms with Gasteiger partial charge in [0.1, 0.15) is 12.2 Å². The molecule has 4 N–H and O–H groups in total. The molecule has 0 aromatic carbocycles. The average Bonchev–Trinajstić information content (AvgIpc) is 2.15. The summed E-state index contributed by atoms with van der Waals surface area (Å²) in [6.07, 6.45) is -3.56. The zero-order valence-corrected chi connectivity index (χ0v) is 7.50. The number of aliphatic hydroxyl groups is 4. The lowest BCUT2D eigenvalue weighted by Crippen LogP contribution is -2.54. The van der Waals surface area contributed by atoms with Crippen LogP contribution < -0.4 is 0 Å². The Morgan fingerprint density at radius 3 is 2.23 bits per heavy atom. The highest BCUT2D eigenvalue weighted by atomic mass is 16.5. The first kappa shape index (κ1) is 10.9.